The summed E-state index contributed by atoms with van der Waals surface area (Å²) < 4.78 is 1.94. The number of anilines is 1. The molecule has 21 heavy (non-hydrogen) atoms. The van der Waals surface area contributed by atoms with Crippen molar-refractivity contribution in [3.8, 4) is 0 Å². The molecule has 1 aromatic heterocycles. The number of nitrogens with zero attached hydrogens (tertiary/aromatic N) is 2. The number of thiocarbonyl (C=S) groups is 1. The summed E-state index contributed by atoms with van der Waals surface area (Å²) in [5.41, 5.74) is 3.11. The second-order valence-corrected chi connectivity index (χ2v) is 5.74. The number of hydrogen-bond donors (Lipinski definition) is 2. The van der Waals surface area contributed by atoms with Crippen LogP contribution in [0, 0.1) is 13.8 Å². The van der Waals surface area contributed by atoms with Crippen LogP contribution in [0.5, 0.6) is 0 Å². The topological polar surface area (TPSA) is 41.9 Å². The lowest BCUT2D eigenvalue weighted by Crippen LogP contribution is -2.30. The van der Waals surface area contributed by atoms with Gasteiger partial charge < -0.3 is 10.6 Å². The van der Waals surface area contributed by atoms with Crippen LogP contribution >= 0.6 is 23.8 Å². The van der Waals surface area contributed by atoms with Crippen molar-refractivity contribution in [3.63, 3.8) is 0 Å². The fourth-order valence-electron chi connectivity index (χ4n) is 1.94. The summed E-state index contributed by atoms with van der Waals surface area (Å²) in [7, 11) is 0. The first-order chi connectivity index (χ1) is 10.1. The number of rotatable bonds is 5. The second-order valence-electron chi connectivity index (χ2n) is 4.93. The average Bonchev–Trinajstić information content (AvgIpc) is 2.86. The van der Waals surface area contributed by atoms with Gasteiger partial charge in [0.15, 0.2) is 5.11 Å². The smallest absolute Gasteiger partial charge is 0.170 e. The Morgan fingerprint density at radius 3 is 2.90 bits per heavy atom. The van der Waals surface area contributed by atoms with Crippen LogP contribution in [0.25, 0.3) is 0 Å². The lowest BCUT2D eigenvalue weighted by Gasteiger charge is -2.13. The third-order valence-electron chi connectivity index (χ3n) is 3.13. The van der Waals surface area contributed by atoms with E-state index in [1.54, 1.807) is 0 Å². The molecular formula is C15H19ClN4S. The van der Waals surface area contributed by atoms with E-state index in [0.717, 1.165) is 35.8 Å². The molecule has 0 aliphatic rings. The molecule has 0 saturated heterocycles. The maximum absolute atomic E-state index is 6.08. The van der Waals surface area contributed by atoms with Gasteiger partial charge in [-0.3, -0.25) is 4.68 Å². The second kappa shape index (κ2) is 7.43. The zero-order chi connectivity index (χ0) is 15.2. The van der Waals surface area contributed by atoms with Crippen molar-refractivity contribution < 1.29 is 0 Å². The zero-order valence-corrected chi connectivity index (χ0v) is 13.8. The highest BCUT2D eigenvalue weighted by atomic mass is 35.5. The molecule has 0 saturated carbocycles. The molecule has 2 aromatic rings. The molecule has 0 unspecified atom stereocenters. The molecule has 0 atom stereocenters. The van der Waals surface area contributed by atoms with E-state index in [9.17, 15) is 0 Å². The van der Waals surface area contributed by atoms with Crippen LogP contribution in [0.15, 0.2) is 30.6 Å². The van der Waals surface area contributed by atoms with Gasteiger partial charge in [0.2, 0.25) is 0 Å². The molecule has 6 heteroatoms. The standard InChI is InChI=1S/C15H19ClN4S/c1-11-9-18-20(10-11)8-4-7-17-15(21)19-14-6-3-5-13(16)12(14)2/h3,5-6,9-10H,4,7-8H2,1-2H3,(H2,17,19,21). The summed E-state index contributed by atoms with van der Waals surface area (Å²) in [5.74, 6) is 0. The van der Waals surface area contributed by atoms with Gasteiger partial charge in [0.05, 0.1) is 6.20 Å². The van der Waals surface area contributed by atoms with Crippen LogP contribution < -0.4 is 10.6 Å². The van der Waals surface area contributed by atoms with E-state index in [2.05, 4.69) is 15.7 Å². The highest BCUT2D eigenvalue weighted by Crippen LogP contribution is 2.22. The average molecular weight is 323 g/mol. The fourth-order valence-corrected chi connectivity index (χ4v) is 2.33. The van der Waals surface area contributed by atoms with Gasteiger partial charge >= 0.3 is 0 Å². The lowest BCUT2D eigenvalue weighted by molar-refractivity contribution is 0.573. The maximum Gasteiger partial charge on any atom is 0.170 e. The molecule has 0 aliphatic heterocycles. The van der Waals surface area contributed by atoms with Crippen LogP contribution in [0.4, 0.5) is 5.69 Å². The Hall–Kier alpha value is -1.59. The molecule has 1 aromatic carbocycles. The third-order valence-corrected chi connectivity index (χ3v) is 3.78. The van der Waals surface area contributed by atoms with E-state index in [0.29, 0.717) is 5.11 Å². The Kier molecular flexibility index (Phi) is 5.59. The van der Waals surface area contributed by atoms with Crippen molar-refractivity contribution in [2.24, 2.45) is 0 Å². The third kappa shape index (κ3) is 4.72. The van der Waals surface area contributed by atoms with Gasteiger partial charge in [-0.1, -0.05) is 17.7 Å². The van der Waals surface area contributed by atoms with E-state index in [-0.39, 0.29) is 0 Å². The van der Waals surface area contributed by atoms with Crippen molar-refractivity contribution in [3.05, 3.63) is 46.7 Å². The minimum atomic E-state index is 0.608. The Bertz CT molecular complexity index is 624. The fraction of sp³-hybridized carbons (Fsp3) is 0.333. The molecule has 0 radical (unpaired) electrons. The quantitative estimate of drug-likeness (QED) is 0.653. The van der Waals surface area contributed by atoms with Crippen LogP contribution in [0.2, 0.25) is 5.02 Å². The predicted molar refractivity (Wildman–Crippen MR) is 92.0 cm³/mol. The van der Waals surface area contributed by atoms with E-state index >= 15 is 0 Å². The van der Waals surface area contributed by atoms with Gasteiger partial charge in [0, 0.05) is 30.0 Å². The van der Waals surface area contributed by atoms with Crippen molar-refractivity contribution in [2.45, 2.75) is 26.8 Å². The molecule has 0 aliphatic carbocycles. The van der Waals surface area contributed by atoms with Crippen molar-refractivity contribution in [2.75, 3.05) is 11.9 Å². The van der Waals surface area contributed by atoms with Crippen LogP contribution in [0.1, 0.15) is 17.5 Å². The van der Waals surface area contributed by atoms with Crippen LogP contribution in [0.3, 0.4) is 0 Å². The number of aryl methyl sites for hydroxylation is 2. The van der Waals surface area contributed by atoms with E-state index in [4.69, 9.17) is 23.8 Å². The van der Waals surface area contributed by atoms with Crippen molar-refractivity contribution >= 4 is 34.6 Å². The SMILES string of the molecule is Cc1cnn(CCCNC(=S)Nc2cccc(Cl)c2C)c1. The van der Waals surface area contributed by atoms with Gasteiger partial charge in [0.1, 0.15) is 0 Å². The number of halogens is 1. The molecule has 0 spiro atoms. The Morgan fingerprint density at radius 2 is 2.19 bits per heavy atom. The lowest BCUT2D eigenvalue weighted by atomic mass is 10.2. The molecule has 1 heterocycles. The van der Waals surface area contributed by atoms with E-state index in [1.807, 2.05) is 49.1 Å². The number of nitrogens with one attached hydrogen (secondary N) is 2. The summed E-state index contributed by atoms with van der Waals surface area (Å²) >= 11 is 11.4. The molecule has 2 N–H and O–H groups in total. The van der Waals surface area contributed by atoms with Crippen molar-refractivity contribution in [1.82, 2.24) is 15.1 Å². The van der Waals surface area contributed by atoms with Gasteiger partial charge in [-0.2, -0.15) is 5.10 Å². The Morgan fingerprint density at radius 1 is 1.38 bits per heavy atom. The highest BCUT2D eigenvalue weighted by molar-refractivity contribution is 7.80. The first kappa shape index (κ1) is 15.8. The minimum absolute atomic E-state index is 0.608. The number of aromatic nitrogens is 2. The van der Waals surface area contributed by atoms with Gasteiger partial charge in [-0.15, -0.1) is 0 Å². The van der Waals surface area contributed by atoms with Crippen molar-refractivity contribution in [1.29, 1.82) is 0 Å². The molecular weight excluding hydrogens is 304 g/mol. The van der Waals surface area contributed by atoms with Crippen LogP contribution in [-0.4, -0.2) is 21.4 Å². The van der Waals surface area contributed by atoms with E-state index in [1.165, 1.54) is 5.56 Å². The highest BCUT2D eigenvalue weighted by Gasteiger charge is 2.03. The Labute approximate surface area is 135 Å². The summed E-state index contributed by atoms with van der Waals surface area (Å²) in [6.07, 6.45) is 4.85. The Balaban J connectivity index is 1.73. The van der Waals surface area contributed by atoms with Crippen LogP contribution in [-0.2, 0) is 6.54 Å². The molecule has 2 rings (SSSR count). The number of benzene rings is 1. The predicted octanol–water partition coefficient (Wildman–Crippen LogP) is 3.53. The first-order valence-corrected chi connectivity index (χ1v) is 7.64. The summed E-state index contributed by atoms with van der Waals surface area (Å²) in [6.45, 7) is 5.67. The molecule has 0 amide bonds. The summed E-state index contributed by atoms with van der Waals surface area (Å²) in [5, 5.41) is 11.9. The zero-order valence-electron chi connectivity index (χ0n) is 12.2. The summed E-state index contributed by atoms with van der Waals surface area (Å²) in [6, 6.07) is 5.73. The van der Waals surface area contributed by atoms with Gasteiger partial charge in [-0.05, 0) is 55.7 Å². The maximum atomic E-state index is 6.08. The monoisotopic (exact) mass is 322 g/mol. The molecule has 0 bridgehead atoms. The molecule has 0 fully saturated rings. The molecule has 4 nitrogen and oxygen atoms in total. The number of hydrogen-bond acceptors (Lipinski definition) is 2. The van der Waals surface area contributed by atoms with E-state index < -0.39 is 0 Å². The van der Waals surface area contributed by atoms with Gasteiger partial charge in [-0.25, -0.2) is 0 Å². The molecule has 112 valence electrons. The minimum Gasteiger partial charge on any atom is -0.362 e. The largest absolute Gasteiger partial charge is 0.362 e. The first-order valence-electron chi connectivity index (χ1n) is 6.85. The summed E-state index contributed by atoms with van der Waals surface area (Å²) in [4.78, 5) is 0. The van der Waals surface area contributed by atoms with Gasteiger partial charge in [0.25, 0.3) is 0 Å². The normalized spacial score (nSPS) is 10.4.